The summed E-state index contributed by atoms with van der Waals surface area (Å²) in [6.07, 6.45) is -0.736. The van der Waals surface area contributed by atoms with Crippen molar-refractivity contribution in [3.05, 3.63) is 47.0 Å². The van der Waals surface area contributed by atoms with Gasteiger partial charge in [0.15, 0.2) is 0 Å². The monoisotopic (exact) mass is 460 g/mol. The first-order valence-corrected chi connectivity index (χ1v) is 10.7. The van der Waals surface area contributed by atoms with E-state index in [0.717, 1.165) is 16.7 Å². The standard InChI is InChI=1S/C24H34N4O3.H2S/c1-23(2,3)21(29)26-20-17-14-28(24(4,5)18(17)13-25-20)22(30)31-19(15-27(6)7)16-11-9-8-10-12-16;/h8-12,19H,13-15H2,1-7H3,(H,25,26,29);1H2/t19-;/m1./s1. The van der Waals surface area contributed by atoms with Crippen molar-refractivity contribution in [3.8, 4) is 0 Å². The maximum atomic E-state index is 13.3. The van der Waals surface area contributed by atoms with Crippen LogP contribution in [0.2, 0.25) is 0 Å². The number of rotatable bonds is 4. The van der Waals surface area contributed by atoms with Crippen LogP contribution in [0.5, 0.6) is 0 Å². The normalized spacial score (nSPS) is 18.1. The zero-order chi connectivity index (χ0) is 23.0. The fourth-order valence-electron chi connectivity index (χ4n) is 3.84. The summed E-state index contributed by atoms with van der Waals surface area (Å²) in [5.41, 5.74) is 1.87. The van der Waals surface area contributed by atoms with E-state index >= 15 is 0 Å². The Kier molecular flexibility index (Phi) is 7.83. The van der Waals surface area contributed by atoms with Gasteiger partial charge in [0.25, 0.3) is 0 Å². The molecule has 1 aromatic rings. The van der Waals surface area contributed by atoms with Gasteiger partial charge in [-0.1, -0.05) is 51.1 Å². The molecule has 2 aliphatic heterocycles. The van der Waals surface area contributed by atoms with Crippen molar-refractivity contribution in [1.29, 1.82) is 0 Å². The molecule has 8 heteroatoms. The quantitative estimate of drug-likeness (QED) is 0.746. The van der Waals surface area contributed by atoms with Gasteiger partial charge in [-0.15, -0.1) is 0 Å². The molecule has 0 saturated carbocycles. The van der Waals surface area contributed by atoms with Gasteiger partial charge in [0.2, 0.25) is 5.91 Å². The lowest BCUT2D eigenvalue weighted by molar-refractivity contribution is -0.126. The number of aliphatic imine (C=N–C) groups is 1. The maximum Gasteiger partial charge on any atom is 0.411 e. The zero-order valence-electron chi connectivity index (χ0n) is 20.2. The number of hydrogen-bond donors (Lipinski definition) is 1. The van der Waals surface area contributed by atoms with E-state index in [1.165, 1.54) is 0 Å². The Hall–Kier alpha value is -2.32. The fraction of sp³-hybridized carbons (Fsp3) is 0.542. The average Bonchev–Trinajstić information content (AvgIpc) is 3.19. The lowest BCUT2D eigenvalue weighted by Crippen LogP contribution is -2.47. The molecule has 32 heavy (non-hydrogen) atoms. The number of benzene rings is 1. The molecule has 2 heterocycles. The van der Waals surface area contributed by atoms with Gasteiger partial charge >= 0.3 is 6.09 Å². The van der Waals surface area contributed by atoms with Crippen LogP contribution in [0.1, 0.15) is 46.3 Å². The molecule has 0 aliphatic carbocycles. The highest BCUT2D eigenvalue weighted by Gasteiger charge is 2.47. The second kappa shape index (κ2) is 9.67. The Bertz CT molecular complexity index is 917. The first-order valence-electron chi connectivity index (χ1n) is 10.7. The number of hydrogen-bond acceptors (Lipinski definition) is 5. The molecule has 7 nitrogen and oxygen atoms in total. The lowest BCUT2D eigenvalue weighted by atomic mass is 9.93. The lowest BCUT2D eigenvalue weighted by Gasteiger charge is -2.35. The van der Waals surface area contributed by atoms with Crippen molar-refractivity contribution in [3.63, 3.8) is 0 Å². The number of carbonyl (C=O) groups excluding carboxylic acids is 2. The van der Waals surface area contributed by atoms with Gasteiger partial charge in [0.1, 0.15) is 11.9 Å². The predicted octanol–water partition coefficient (Wildman–Crippen LogP) is 3.50. The summed E-state index contributed by atoms with van der Waals surface area (Å²) in [4.78, 5) is 34.0. The average molecular weight is 461 g/mol. The number of nitrogens with one attached hydrogen (secondary N) is 1. The van der Waals surface area contributed by atoms with E-state index in [1.54, 1.807) is 4.90 Å². The molecule has 0 radical (unpaired) electrons. The number of carbonyl (C=O) groups is 2. The van der Waals surface area contributed by atoms with Crippen LogP contribution in [0, 0.1) is 5.41 Å². The van der Waals surface area contributed by atoms with Gasteiger partial charge in [-0.05, 0) is 39.1 Å². The van der Waals surface area contributed by atoms with Gasteiger partial charge in [0.05, 0.1) is 18.6 Å². The third kappa shape index (κ3) is 5.35. The summed E-state index contributed by atoms with van der Waals surface area (Å²) >= 11 is 0. The first-order chi connectivity index (χ1) is 14.4. The molecule has 0 unspecified atom stereocenters. The summed E-state index contributed by atoms with van der Waals surface area (Å²) in [6.45, 7) is 11.0. The summed E-state index contributed by atoms with van der Waals surface area (Å²) in [5.74, 6) is 0.486. The molecule has 0 spiro atoms. The van der Waals surface area contributed by atoms with Crippen molar-refractivity contribution < 1.29 is 14.3 Å². The van der Waals surface area contributed by atoms with Gasteiger partial charge < -0.3 is 15.0 Å². The molecule has 2 amide bonds. The van der Waals surface area contributed by atoms with Crippen LogP contribution in [0.4, 0.5) is 4.79 Å². The first kappa shape index (κ1) is 25.9. The number of ether oxygens (including phenoxy) is 1. The Labute approximate surface area is 198 Å². The molecule has 1 aromatic carbocycles. The Morgan fingerprint density at radius 1 is 1.22 bits per heavy atom. The molecule has 176 valence electrons. The number of amidine groups is 1. The van der Waals surface area contributed by atoms with Gasteiger partial charge in [-0.3, -0.25) is 14.7 Å². The summed E-state index contributed by atoms with van der Waals surface area (Å²) < 4.78 is 5.99. The molecule has 1 N–H and O–H groups in total. The molecule has 2 aliphatic rings. The van der Waals surface area contributed by atoms with E-state index < -0.39 is 11.0 Å². The van der Waals surface area contributed by atoms with E-state index in [-0.39, 0.29) is 31.6 Å². The molecular formula is C24H36N4O3S. The van der Waals surface area contributed by atoms with E-state index in [1.807, 2.05) is 83.9 Å². The summed E-state index contributed by atoms with van der Waals surface area (Å²) in [6, 6.07) is 9.79. The van der Waals surface area contributed by atoms with E-state index in [0.29, 0.717) is 25.5 Å². The smallest absolute Gasteiger partial charge is 0.411 e. The maximum absolute atomic E-state index is 13.3. The van der Waals surface area contributed by atoms with Crippen LogP contribution in [-0.2, 0) is 9.53 Å². The highest BCUT2D eigenvalue weighted by atomic mass is 32.1. The third-order valence-electron chi connectivity index (χ3n) is 5.85. The predicted molar refractivity (Wildman–Crippen MR) is 132 cm³/mol. The molecule has 3 rings (SSSR count). The number of amides is 2. The van der Waals surface area contributed by atoms with Crippen molar-refractivity contribution in [2.75, 3.05) is 33.7 Å². The fourth-order valence-corrected chi connectivity index (χ4v) is 3.84. The van der Waals surface area contributed by atoms with E-state index in [2.05, 4.69) is 10.3 Å². The topological polar surface area (TPSA) is 74.2 Å². The minimum atomic E-state index is -0.538. The van der Waals surface area contributed by atoms with E-state index in [4.69, 9.17) is 4.74 Å². The molecule has 0 saturated heterocycles. The zero-order valence-corrected chi connectivity index (χ0v) is 21.2. The Morgan fingerprint density at radius 3 is 2.41 bits per heavy atom. The minimum Gasteiger partial charge on any atom is -0.440 e. The van der Waals surface area contributed by atoms with Crippen LogP contribution in [0.15, 0.2) is 46.5 Å². The van der Waals surface area contributed by atoms with Crippen LogP contribution < -0.4 is 5.32 Å². The van der Waals surface area contributed by atoms with Crippen LogP contribution >= 0.6 is 13.5 Å². The van der Waals surface area contributed by atoms with Crippen LogP contribution in [0.3, 0.4) is 0 Å². The van der Waals surface area contributed by atoms with Crippen molar-refractivity contribution >= 4 is 31.3 Å². The SMILES string of the molecule is CN(C)C[C@@H](OC(=O)N1CC2=C(CN=C2NC(=O)C(C)(C)C)C1(C)C)c1ccccc1.S. The number of nitrogens with zero attached hydrogens (tertiary/aromatic N) is 3. The van der Waals surface area contributed by atoms with Crippen molar-refractivity contribution in [1.82, 2.24) is 15.1 Å². The second-order valence-corrected chi connectivity index (χ2v) is 10.0. The van der Waals surface area contributed by atoms with Crippen LogP contribution in [0.25, 0.3) is 0 Å². The van der Waals surface area contributed by atoms with Crippen LogP contribution in [-0.4, -0.2) is 66.9 Å². The van der Waals surface area contributed by atoms with Gasteiger partial charge in [0, 0.05) is 17.5 Å². The third-order valence-corrected chi connectivity index (χ3v) is 5.85. The largest absolute Gasteiger partial charge is 0.440 e. The second-order valence-electron chi connectivity index (χ2n) is 10.0. The molecule has 1 atom stereocenters. The molecule has 0 fully saturated rings. The summed E-state index contributed by atoms with van der Waals surface area (Å²) in [5, 5.41) is 2.95. The van der Waals surface area contributed by atoms with E-state index in [9.17, 15) is 9.59 Å². The molecular weight excluding hydrogens is 424 g/mol. The molecule has 0 bridgehead atoms. The number of likely N-dealkylation sites (N-methyl/N-ethyl adjacent to an activating group) is 1. The highest BCUT2D eigenvalue weighted by Crippen LogP contribution is 2.39. The Morgan fingerprint density at radius 2 is 1.84 bits per heavy atom. The minimum absolute atomic E-state index is 0. The highest BCUT2D eigenvalue weighted by molar-refractivity contribution is 7.59. The van der Waals surface area contributed by atoms with Gasteiger partial charge in [-0.25, -0.2) is 4.79 Å². The van der Waals surface area contributed by atoms with Gasteiger partial charge in [-0.2, -0.15) is 13.5 Å². The van der Waals surface area contributed by atoms with Crippen molar-refractivity contribution in [2.45, 2.75) is 46.3 Å². The Balaban J connectivity index is 0.00000363. The molecule has 0 aromatic heterocycles. The summed E-state index contributed by atoms with van der Waals surface area (Å²) in [7, 11) is 3.92. The van der Waals surface area contributed by atoms with Crippen molar-refractivity contribution in [2.24, 2.45) is 10.4 Å².